The zero-order chi connectivity index (χ0) is 13.0. The fraction of sp³-hybridized carbons (Fsp3) is 0.333. The minimum Gasteiger partial charge on any atom is -0.468 e. The van der Waals surface area contributed by atoms with Gasteiger partial charge in [0, 0.05) is 6.54 Å². The highest BCUT2D eigenvalue weighted by Crippen LogP contribution is 2.12. The minimum atomic E-state index is -0.325. The topological polar surface area (TPSA) is 68.2 Å². The lowest BCUT2D eigenvalue weighted by Crippen LogP contribution is -2.31. The van der Waals surface area contributed by atoms with Gasteiger partial charge >= 0.3 is 5.97 Å². The molecule has 0 N–H and O–H groups in total. The molecule has 1 aromatic carbocycles. The van der Waals surface area contributed by atoms with Crippen LogP contribution in [0.3, 0.4) is 0 Å². The maximum atomic E-state index is 11.3. The second-order valence-electron chi connectivity index (χ2n) is 3.69. The largest absolute Gasteiger partial charge is 0.468 e. The Morgan fingerprint density at radius 2 is 2.00 bits per heavy atom. The van der Waals surface area contributed by atoms with Gasteiger partial charge in [-0.2, -0.15) is 0 Å². The van der Waals surface area contributed by atoms with Crippen molar-refractivity contribution in [3.05, 3.63) is 24.3 Å². The number of methoxy groups -OCH3 is 1. The maximum Gasteiger partial charge on any atom is 0.325 e. The van der Waals surface area contributed by atoms with Crippen molar-refractivity contribution >= 4 is 23.0 Å². The standard InChI is InChI=1S/C12H14N4O2/c1-3-16(8-11(17)18-2)12-13-9-6-4-5-7-10(9)14-15-12/h4-7H,3,8H2,1-2H3. The number of carbonyl (C=O) groups is 1. The summed E-state index contributed by atoms with van der Waals surface area (Å²) < 4.78 is 4.63. The van der Waals surface area contributed by atoms with Crippen molar-refractivity contribution < 1.29 is 9.53 Å². The first-order chi connectivity index (χ1) is 8.74. The van der Waals surface area contributed by atoms with Crippen LogP contribution in [0.5, 0.6) is 0 Å². The van der Waals surface area contributed by atoms with Crippen LogP contribution in [0.15, 0.2) is 24.3 Å². The van der Waals surface area contributed by atoms with Crippen LogP contribution >= 0.6 is 0 Å². The van der Waals surface area contributed by atoms with Crippen molar-refractivity contribution in [1.82, 2.24) is 15.2 Å². The van der Waals surface area contributed by atoms with Crippen LogP contribution in [0.1, 0.15) is 6.92 Å². The Hall–Kier alpha value is -2.24. The molecule has 6 heteroatoms. The molecule has 0 fully saturated rings. The normalized spacial score (nSPS) is 10.3. The van der Waals surface area contributed by atoms with Gasteiger partial charge in [0.1, 0.15) is 12.1 Å². The van der Waals surface area contributed by atoms with E-state index in [1.54, 1.807) is 4.90 Å². The third kappa shape index (κ3) is 2.53. The van der Waals surface area contributed by atoms with Crippen LogP contribution in [0.2, 0.25) is 0 Å². The summed E-state index contributed by atoms with van der Waals surface area (Å²) in [4.78, 5) is 17.4. The highest BCUT2D eigenvalue weighted by Gasteiger charge is 2.13. The molecule has 6 nitrogen and oxygen atoms in total. The van der Waals surface area contributed by atoms with Gasteiger partial charge in [-0.05, 0) is 19.1 Å². The molecule has 94 valence electrons. The molecule has 0 bridgehead atoms. The Morgan fingerprint density at radius 3 is 2.67 bits per heavy atom. The third-order valence-electron chi connectivity index (χ3n) is 2.56. The van der Waals surface area contributed by atoms with Gasteiger partial charge in [0.25, 0.3) is 0 Å². The molecule has 2 rings (SSSR count). The summed E-state index contributed by atoms with van der Waals surface area (Å²) in [6.45, 7) is 2.64. The van der Waals surface area contributed by atoms with Crippen LogP contribution in [0.4, 0.5) is 5.95 Å². The number of benzene rings is 1. The average Bonchev–Trinajstić information content (AvgIpc) is 2.44. The number of ether oxygens (including phenoxy) is 1. The van der Waals surface area contributed by atoms with Gasteiger partial charge in [-0.15, -0.1) is 10.2 Å². The number of aromatic nitrogens is 3. The predicted molar refractivity (Wildman–Crippen MR) is 67.2 cm³/mol. The summed E-state index contributed by atoms with van der Waals surface area (Å²) >= 11 is 0. The Labute approximate surface area is 105 Å². The summed E-state index contributed by atoms with van der Waals surface area (Å²) in [6, 6.07) is 7.47. The van der Waals surface area contributed by atoms with E-state index < -0.39 is 0 Å². The highest BCUT2D eigenvalue weighted by molar-refractivity contribution is 5.76. The number of rotatable bonds is 4. The van der Waals surface area contributed by atoms with Crippen molar-refractivity contribution in [2.45, 2.75) is 6.92 Å². The van der Waals surface area contributed by atoms with E-state index in [0.717, 1.165) is 11.0 Å². The van der Waals surface area contributed by atoms with Crippen molar-refractivity contribution in [1.29, 1.82) is 0 Å². The molecule has 0 aliphatic carbocycles. The first-order valence-electron chi connectivity index (χ1n) is 5.65. The van der Waals surface area contributed by atoms with Gasteiger partial charge in [0.05, 0.1) is 12.6 Å². The van der Waals surface area contributed by atoms with E-state index >= 15 is 0 Å². The number of anilines is 1. The van der Waals surface area contributed by atoms with E-state index in [0.29, 0.717) is 12.5 Å². The molecule has 0 amide bonds. The van der Waals surface area contributed by atoms with E-state index in [1.807, 2.05) is 31.2 Å². The van der Waals surface area contributed by atoms with Crippen LogP contribution in [0, 0.1) is 0 Å². The third-order valence-corrected chi connectivity index (χ3v) is 2.56. The van der Waals surface area contributed by atoms with Crippen molar-refractivity contribution in [3.8, 4) is 0 Å². The molecule has 1 heterocycles. The second kappa shape index (κ2) is 5.39. The van der Waals surface area contributed by atoms with Gasteiger partial charge < -0.3 is 9.64 Å². The maximum absolute atomic E-state index is 11.3. The van der Waals surface area contributed by atoms with Crippen LogP contribution in [-0.4, -0.2) is 41.3 Å². The molecule has 0 spiro atoms. The smallest absolute Gasteiger partial charge is 0.325 e. The van der Waals surface area contributed by atoms with Crippen molar-refractivity contribution in [2.24, 2.45) is 0 Å². The summed E-state index contributed by atoms with van der Waals surface area (Å²) in [5.41, 5.74) is 1.49. The lowest BCUT2D eigenvalue weighted by molar-refractivity contribution is -0.138. The van der Waals surface area contributed by atoms with Crippen LogP contribution in [-0.2, 0) is 9.53 Å². The summed E-state index contributed by atoms with van der Waals surface area (Å²) in [6.07, 6.45) is 0. The SMILES string of the molecule is CCN(CC(=O)OC)c1nnc2ccccc2n1. The zero-order valence-corrected chi connectivity index (χ0v) is 10.3. The molecule has 2 aromatic rings. The quantitative estimate of drug-likeness (QED) is 0.750. The summed E-state index contributed by atoms with van der Waals surface area (Å²) in [7, 11) is 1.36. The summed E-state index contributed by atoms with van der Waals surface area (Å²) in [5.74, 6) is 0.107. The molecular formula is C12H14N4O2. The van der Waals surface area contributed by atoms with E-state index in [2.05, 4.69) is 19.9 Å². The Kier molecular flexibility index (Phi) is 3.66. The monoisotopic (exact) mass is 246 g/mol. The fourth-order valence-corrected chi connectivity index (χ4v) is 1.55. The van der Waals surface area contributed by atoms with Crippen LogP contribution in [0.25, 0.3) is 11.0 Å². The molecule has 1 aromatic heterocycles. The van der Waals surface area contributed by atoms with Gasteiger partial charge in [-0.1, -0.05) is 12.1 Å². The molecule has 0 saturated heterocycles. The molecule has 0 unspecified atom stereocenters. The predicted octanol–water partition coefficient (Wildman–Crippen LogP) is 1.02. The average molecular weight is 246 g/mol. The summed E-state index contributed by atoms with van der Waals surface area (Å²) in [5, 5.41) is 8.10. The number of likely N-dealkylation sites (N-methyl/N-ethyl adjacent to an activating group) is 1. The number of nitrogens with zero attached hydrogens (tertiary/aromatic N) is 4. The Bertz CT molecular complexity index is 559. The van der Waals surface area contributed by atoms with Gasteiger partial charge in [0.2, 0.25) is 5.95 Å². The number of hydrogen-bond donors (Lipinski definition) is 0. The number of esters is 1. The molecule has 0 atom stereocenters. The van der Waals surface area contributed by atoms with Gasteiger partial charge in [-0.25, -0.2) is 4.98 Å². The van der Waals surface area contributed by atoms with Crippen molar-refractivity contribution in [2.75, 3.05) is 25.1 Å². The van der Waals surface area contributed by atoms with E-state index in [1.165, 1.54) is 7.11 Å². The minimum absolute atomic E-state index is 0.118. The number of fused-ring (bicyclic) bond motifs is 1. The molecule has 0 radical (unpaired) electrons. The van der Waals surface area contributed by atoms with Gasteiger partial charge in [-0.3, -0.25) is 4.79 Å². The zero-order valence-electron chi connectivity index (χ0n) is 10.3. The van der Waals surface area contributed by atoms with E-state index in [9.17, 15) is 4.79 Å². The molecule has 18 heavy (non-hydrogen) atoms. The highest BCUT2D eigenvalue weighted by atomic mass is 16.5. The number of para-hydroxylation sites is 1. The first kappa shape index (κ1) is 12.2. The Balaban J connectivity index is 2.30. The first-order valence-corrected chi connectivity index (χ1v) is 5.65. The number of carbonyl (C=O) groups excluding carboxylic acids is 1. The van der Waals surface area contributed by atoms with E-state index in [-0.39, 0.29) is 12.5 Å². The molecular weight excluding hydrogens is 232 g/mol. The molecule has 0 saturated carbocycles. The lowest BCUT2D eigenvalue weighted by Gasteiger charge is -2.18. The second-order valence-corrected chi connectivity index (χ2v) is 3.69. The van der Waals surface area contributed by atoms with Gasteiger partial charge in [0.15, 0.2) is 0 Å². The molecule has 0 aliphatic heterocycles. The lowest BCUT2D eigenvalue weighted by atomic mass is 10.3. The van der Waals surface area contributed by atoms with Crippen LogP contribution < -0.4 is 4.90 Å². The van der Waals surface area contributed by atoms with Crippen molar-refractivity contribution in [3.63, 3.8) is 0 Å². The Morgan fingerprint density at radius 1 is 1.28 bits per heavy atom. The number of hydrogen-bond acceptors (Lipinski definition) is 6. The molecule has 0 aliphatic rings. The fourth-order valence-electron chi connectivity index (χ4n) is 1.55. The van der Waals surface area contributed by atoms with E-state index in [4.69, 9.17) is 0 Å².